The minimum Gasteiger partial charge on any atom is -0.504 e. The molecule has 5 N–H and O–H groups in total. The summed E-state index contributed by atoms with van der Waals surface area (Å²) in [5.74, 6) is -0.619. The van der Waals surface area contributed by atoms with Gasteiger partial charge in [0.1, 0.15) is 5.60 Å². The number of ketones is 2. The highest BCUT2D eigenvalue weighted by Gasteiger charge is 2.66. The van der Waals surface area contributed by atoms with Crippen LogP contribution in [0.25, 0.3) is 0 Å². The third-order valence-corrected chi connectivity index (χ3v) is 12.7. The monoisotopic (exact) mass is 694 g/mol. The van der Waals surface area contributed by atoms with Crippen molar-refractivity contribution in [3.8, 4) is 11.5 Å². The molecule has 2 amide bonds. The first kappa shape index (κ1) is 37.5. The van der Waals surface area contributed by atoms with Crippen LogP contribution in [0.5, 0.6) is 11.5 Å². The maximum absolute atomic E-state index is 13.5. The maximum Gasteiger partial charge on any atom is 0.306 e. The lowest BCUT2D eigenvalue weighted by Crippen LogP contribution is -2.58. The van der Waals surface area contributed by atoms with Crippen LogP contribution in [0, 0.1) is 28.6 Å². The third kappa shape index (κ3) is 7.92. The highest BCUT2D eigenvalue weighted by atomic mass is 16.5. The number of carbonyl (C=O) groups excluding carboxylic acids is 5. The second-order valence-corrected chi connectivity index (χ2v) is 15.5. The van der Waals surface area contributed by atoms with Crippen molar-refractivity contribution in [1.82, 2.24) is 10.6 Å². The molecule has 6 atom stereocenters. The highest BCUT2D eigenvalue weighted by Crippen LogP contribution is 2.67. The van der Waals surface area contributed by atoms with Gasteiger partial charge in [-0.3, -0.25) is 24.0 Å². The van der Waals surface area contributed by atoms with Crippen LogP contribution >= 0.6 is 0 Å². The fraction of sp³-hybridized carbons (Fsp3) is 0.667. The van der Waals surface area contributed by atoms with E-state index in [0.717, 1.165) is 44.1 Å². The van der Waals surface area contributed by atoms with Crippen LogP contribution < -0.4 is 10.6 Å². The smallest absolute Gasteiger partial charge is 0.306 e. The molecule has 0 heterocycles. The predicted octanol–water partition coefficient (Wildman–Crippen LogP) is 4.59. The molecule has 50 heavy (non-hydrogen) atoms. The Labute approximate surface area is 294 Å². The number of esters is 1. The second kappa shape index (κ2) is 15.7. The molecule has 274 valence electrons. The number of hydrogen-bond donors (Lipinski definition) is 5. The minimum absolute atomic E-state index is 0.00784. The van der Waals surface area contributed by atoms with E-state index in [4.69, 9.17) is 4.74 Å². The number of carbonyl (C=O) groups is 5. The van der Waals surface area contributed by atoms with Crippen molar-refractivity contribution in [2.45, 2.75) is 116 Å². The summed E-state index contributed by atoms with van der Waals surface area (Å²) in [6.07, 6.45) is 10.7. The Hall–Kier alpha value is -3.73. The predicted molar refractivity (Wildman–Crippen MR) is 185 cm³/mol. The van der Waals surface area contributed by atoms with E-state index in [9.17, 15) is 39.3 Å². The van der Waals surface area contributed by atoms with Crippen molar-refractivity contribution in [2.75, 3.05) is 19.7 Å². The Bertz CT molecular complexity index is 1510. The van der Waals surface area contributed by atoms with Crippen LogP contribution in [0.1, 0.15) is 109 Å². The molecular weight excluding hydrogens is 640 g/mol. The molecule has 0 aliphatic heterocycles. The van der Waals surface area contributed by atoms with Gasteiger partial charge in [0.2, 0.25) is 17.6 Å². The number of fused-ring (bicyclic) bond motifs is 5. The van der Waals surface area contributed by atoms with Gasteiger partial charge in [0, 0.05) is 37.8 Å². The first-order valence-corrected chi connectivity index (χ1v) is 18.5. The number of aromatic hydroxyl groups is 2. The van der Waals surface area contributed by atoms with E-state index in [0.29, 0.717) is 69.9 Å². The lowest BCUT2D eigenvalue weighted by atomic mass is 9.46. The molecule has 1 aromatic carbocycles. The average molecular weight is 695 g/mol. The van der Waals surface area contributed by atoms with Crippen LogP contribution in [0.2, 0.25) is 0 Å². The number of phenolic OH excluding ortho intramolecular Hbond substituents is 2. The van der Waals surface area contributed by atoms with Gasteiger partial charge < -0.3 is 30.7 Å². The summed E-state index contributed by atoms with van der Waals surface area (Å²) in [6, 6.07) is 4.56. The number of nitrogens with one attached hydrogen (secondary N) is 2. The lowest BCUT2D eigenvalue weighted by molar-refractivity contribution is -0.170. The lowest BCUT2D eigenvalue weighted by Gasteiger charge is -2.58. The zero-order valence-corrected chi connectivity index (χ0v) is 29.6. The van der Waals surface area contributed by atoms with Crippen LogP contribution in [0.15, 0.2) is 29.8 Å². The Kier molecular flexibility index (Phi) is 11.8. The summed E-state index contributed by atoms with van der Waals surface area (Å²) in [5, 5.41) is 36.4. The summed E-state index contributed by atoms with van der Waals surface area (Å²) in [6.45, 7) is 4.67. The molecule has 0 bridgehead atoms. The summed E-state index contributed by atoms with van der Waals surface area (Å²) in [4.78, 5) is 62.4. The molecule has 0 radical (unpaired) electrons. The van der Waals surface area contributed by atoms with Crippen LogP contribution in [0.3, 0.4) is 0 Å². The molecule has 1 aromatic rings. The quantitative estimate of drug-likeness (QED) is 0.0998. The van der Waals surface area contributed by atoms with Crippen molar-refractivity contribution < 1.29 is 44.0 Å². The van der Waals surface area contributed by atoms with E-state index in [1.165, 1.54) is 17.7 Å². The molecule has 0 aromatic heterocycles. The summed E-state index contributed by atoms with van der Waals surface area (Å²) in [7, 11) is 0. The number of allylic oxidation sites excluding steroid dienone is 1. The fourth-order valence-corrected chi connectivity index (χ4v) is 9.65. The topological polar surface area (TPSA) is 179 Å². The van der Waals surface area contributed by atoms with Crippen molar-refractivity contribution in [3.63, 3.8) is 0 Å². The second-order valence-electron chi connectivity index (χ2n) is 15.5. The standard InChI is InChI=1S/C39H54N2O9/c1-37-17-13-27(42)23-26(37)8-9-28-29(37)14-18-38(2)30(28)15-19-39(38,49)33(45)24-50-36(48)12-11-35(47)40-20-5-3-4-6-34(46)41-21-16-25-7-10-31(43)32(44)22-25/h7,10,22-23,28-30,43-44,49H,3-6,8-9,11-21,24H2,1-2H3,(H,40,47)(H,41,46)/t28-,29-,30-,37-,38+,39-/m0/s1. The zero-order chi connectivity index (χ0) is 36.1. The third-order valence-electron chi connectivity index (χ3n) is 12.7. The molecule has 4 aliphatic carbocycles. The number of aliphatic hydroxyl groups is 1. The highest BCUT2D eigenvalue weighted by molar-refractivity contribution is 5.92. The van der Waals surface area contributed by atoms with Gasteiger partial charge in [0.25, 0.3) is 0 Å². The van der Waals surface area contributed by atoms with Crippen LogP contribution in [-0.2, 0) is 35.1 Å². The van der Waals surface area contributed by atoms with E-state index in [1.54, 1.807) is 6.07 Å². The molecular formula is C39H54N2O9. The normalized spacial score (nSPS) is 29.9. The first-order valence-electron chi connectivity index (χ1n) is 18.5. The van der Waals surface area contributed by atoms with Crippen molar-refractivity contribution in [1.29, 1.82) is 0 Å². The van der Waals surface area contributed by atoms with Gasteiger partial charge in [-0.25, -0.2) is 0 Å². The maximum atomic E-state index is 13.5. The van der Waals surface area contributed by atoms with E-state index < -0.39 is 29.4 Å². The van der Waals surface area contributed by atoms with Crippen molar-refractivity contribution in [2.24, 2.45) is 28.6 Å². The Morgan fingerprint density at radius 3 is 2.36 bits per heavy atom. The molecule has 3 saturated carbocycles. The molecule has 4 aliphatic rings. The number of phenols is 2. The van der Waals surface area contributed by atoms with Gasteiger partial charge in [-0.15, -0.1) is 0 Å². The van der Waals surface area contributed by atoms with Gasteiger partial charge in [0.15, 0.2) is 23.9 Å². The Balaban J connectivity index is 0.951. The molecule has 5 rings (SSSR count). The largest absolute Gasteiger partial charge is 0.504 e. The fourth-order valence-electron chi connectivity index (χ4n) is 9.65. The summed E-state index contributed by atoms with van der Waals surface area (Å²) < 4.78 is 5.28. The summed E-state index contributed by atoms with van der Waals surface area (Å²) in [5.41, 5.74) is -0.0574. The minimum atomic E-state index is -1.56. The number of benzene rings is 1. The number of rotatable bonds is 15. The zero-order valence-electron chi connectivity index (χ0n) is 29.6. The van der Waals surface area contributed by atoms with Gasteiger partial charge in [-0.05, 0) is 111 Å². The van der Waals surface area contributed by atoms with Gasteiger partial charge in [0.05, 0.1) is 6.42 Å². The van der Waals surface area contributed by atoms with E-state index in [-0.39, 0.29) is 53.3 Å². The van der Waals surface area contributed by atoms with E-state index in [1.807, 2.05) is 13.0 Å². The van der Waals surface area contributed by atoms with Crippen LogP contribution in [0.4, 0.5) is 0 Å². The molecule has 3 fully saturated rings. The molecule has 0 unspecified atom stereocenters. The number of Topliss-reactive ketones (excluding diaryl/α,β-unsaturated/α-hetero) is 1. The first-order chi connectivity index (χ1) is 23.8. The van der Waals surface area contributed by atoms with Crippen molar-refractivity contribution in [3.05, 3.63) is 35.4 Å². The van der Waals surface area contributed by atoms with E-state index >= 15 is 0 Å². The van der Waals surface area contributed by atoms with Crippen LogP contribution in [-0.4, -0.2) is 70.0 Å². The van der Waals surface area contributed by atoms with Gasteiger partial charge in [-0.2, -0.15) is 0 Å². The molecule has 0 spiro atoms. The summed E-state index contributed by atoms with van der Waals surface area (Å²) >= 11 is 0. The van der Waals surface area contributed by atoms with Gasteiger partial charge >= 0.3 is 5.97 Å². The van der Waals surface area contributed by atoms with E-state index in [2.05, 4.69) is 17.6 Å². The number of ether oxygens (including phenoxy) is 1. The van der Waals surface area contributed by atoms with Crippen molar-refractivity contribution >= 4 is 29.4 Å². The Morgan fingerprint density at radius 1 is 0.840 bits per heavy atom. The van der Waals surface area contributed by atoms with Gasteiger partial charge in [-0.1, -0.05) is 31.9 Å². The Morgan fingerprint density at radius 2 is 1.58 bits per heavy atom. The average Bonchev–Trinajstić information content (AvgIpc) is 3.37. The molecule has 0 saturated heterocycles. The molecule has 11 heteroatoms. The SMILES string of the molecule is C[C@]12CCC(=O)C=C1CC[C@H]1[C@@H]2CC[C@]2(C)[C@H]1CC[C@]2(O)C(=O)COC(=O)CCC(=O)NCCCCCC(=O)NCCc1ccc(O)c(O)c1. The molecule has 11 nitrogen and oxygen atoms in total. The number of amides is 2. The number of hydrogen-bond acceptors (Lipinski definition) is 9. The number of unbranched alkanes of at least 4 members (excludes halogenated alkanes) is 2.